The molecule has 0 nitrogen and oxygen atoms in total. The van der Waals surface area contributed by atoms with Crippen molar-refractivity contribution in [2.24, 2.45) is 0 Å². The van der Waals surface area contributed by atoms with Gasteiger partial charge in [0.15, 0.2) is 23.3 Å². The Morgan fingerprint density at radius 2 is 0.969 bits per heavy atom. The average Bonchev–Trinajstić information content (AvgIpc) is 3.40. The standard InChI is InChI=1S/C26H28F4S2/c1-3-5-7-9-11-15-13-17-18-14-16(12-10-8-6-4-2)32-26(18)20-19(25(17)31-15)21(27)23(29)24(30)22(20)28/h13-14H,3-12H2,1-2H3. The second kappa shape index (κ2) is 10.1. The van der Waals surface area contributed by atoms with Gasteiger partial charge in [0.1, 0.15) is 0 Å². The molecule has 0 saturated carbocycles. The van der Waals surface area contributed by atoms with Gasteiger partial charge in [-0.05, 0) is 37.8 Å². The minimum absolute atomic E-state index is 0.118. The molecule has 2 aromatic heterocycles. The number of thiophene rings is 2. The molecular formula is C26H28F4S2. The number of aryl methyl sites for hydroxylation is 2. The van der Waals surface area contributed by atoms with Crippen LogP contribution in [0.1, 0.15) is 75.0 Å². The van der Waals surface area contributed by atoms with E-state index in [-0.39, 0.29) is 10.8 Å². The van der Waals surface area contributed by atoms with Crippen molar-refractivity contribution in [1.29, 1.82) is 0 Å². The van der Waals surface area contributed by atoms with Crippen molar-refractivity contribution in [2.75, 3.05) is 0 Å². The predicted molar refractivity (Wildman–Crippen MR) is 130 cm³/mol. The van der Waals surface area contributed by atoms with Crippen LogP contribution in [-0.4, -0.2) is 0 Å². The topological polar surface area (TPSA) is 0 Å². The fourth-order valence-electron chi connectivity index (χ4n) is 4.41. The van der Waals surface area contributed by atoms with Crippen molar-refractivity contribution in [1.82, 2.24) is 0 Å². The molecule has 0 unspecified atom stereocenters. The molecule has 0 spiro atoms. The highest BCUT2D eigenvalue weighted by molar-refractivity contribution is 7.22. The summed E-state index contributed by atoms with van der Waals surface area (Å²) in [5.41, 5.74) is 0. The summed E-state index contributed by atoms with van der Waals surface area (Å²) in [6.07, 6.45) is 10.6. The quantitative estimate of drug-likeness (QED) is 0.0916. The van der Waals surface area contributed by atoms with Gasteiger partial charge in [0, 0.05) is 40.7 Å². The highest BCUT2D eigenvalue weighted by Gasteiger charge is 2.26. The number of hydrogen-bond acceptors (Lipinski definition) is 2. The van der Waals surface area contributed by atoms with Gasteiger partial charge in [-0.1, -0.05) is 52.4 Å². The minimum atomic E-state index is -1.73. The summed E-state index contributed by atoms with van der Waals surface area (Å²) in [7, 11) is 0. The maximum absolute atomic E-state index is 15.0. The van der Waals surface area contributed by atoms with Crippen LogP contribution in [-0.2, 0) is 12.8 Å². The molecule has 2 heterocycles. The monoisotopic (exact) mass is 480 g/mol. The van der Waals surface area contributed by atoms with Crippen LogP contribution in [0.4, 0.5) is 17.6 Å². The number of halogens is 4. The van der Waals surface area contributed by atoms with Gasteiger partial charge >= 0.3 is 0 Å². The molecule has 32 heavy (non-hydrogen) atoms. The Balaban J connectivity index is 1.90. The van der Waals surface area contributed by atoms with Crippen molar-refractivity contribution in [3.63, 3.8) is 0 Å². The summed E-state index contributed by atoms with van der Waals surface area (Å²) in [4.78, 5) is 2.15. The van der Waals surface area contributed by atoms with E-state index in [1.165, 1.54) is 22.7 Å². The third kappa shape index (κ3) is 4.28. The Morgan fingerprint density at radius 1 is 0.562 bits per heavy atom. The third-order valence-electron chi connectivity index (χ3n) is 6.13. The average molecular weight is 481 g/mol. The Labute approximate surface area is 194 Å². The largest absolute Gasteiger partial charge is 0.203 e. The summed E-state index contributed by atoms with van der Waals surface area (Å²) >= 11 is 2.76. The molecule has 6 heteroatoms. The van der Waals surface area contributed by atoms with E-state index in [9.17, 15) is 17.6 Å². The summed E-state index contributed by atoms with van der Waals surface area (Å²) in [6, 6.07) is 4.08. The second-order valence-electron chi connectivity index (χ2n) is 8.54. The van der Waals surface area contributed by atoms with Crippen LogP contribution >= 0.6 is 22.7 Å². The molecule has 0 aliphatic carbocycles. The number of unbranched alkanes of at least 4 members (excludes halogenated alkanes) is 6. The highest BCUT2D eigenvalue weighted by Crippen LogP contribution is 2.46. The van der Waals surface area contributed by atoms with Gasteiger partial charge in [0.05, 0.1) is 0 Å². The lowest BCUT2D eigenvalue weighted by molar-refractivity contribution is 0.418. The number of rotatable bonds is 10. The van der Waals surface area contributed by atoms with Gasteiger partial charge < -0.3 is 0 Å². The molecule has 0 bridgehead atoms. The summed E-state index contributed by atoms with van der Waals surface area (Å²) in [6.45, 7) is 4.31. The van der Waals surface area contributed by atoms with E-state index in [4.69, 9.17) is 0 Å². The first-order valence-corrected chi connectivity index (χ1v) is 13.2. The molecule has 2 aromatic carbocycles. The fourth-order valence-corrected chi connectivity index (χ4v) is 6.93. The zero-order valence-corrected chi connectivity index (χ0v) is 20.2. The molecule has 0 saturated heterocycles. The number of fused-ring (bicyclic) bond motifs is 6. The Hall–Kier alpha value is -1.66. The van der Waals surface area contributed by atoms with Crippen molar-refractivity contribution in [3.05, 3.63) is 45.2 Å². The Morgan fingerprint density at radius 3 is 1.34 bits per heavy atom. The van der Waals surface area contributed by atoms with Gasteiger partial charge in [0.25, 0.3) is 0 Å². The Kier molecular flexibility index (Phi) is 7.40. The van der Waals surface area contributed by atoms with Gasteiger partial charge in [-0.25, -0.2) is 17.6 Å². The van der Waals surface area contributed by atoms with Crippen molar-refractivity contribution >= 4 is 53.6 Å². The van der Waals surface area contributed by atoms with E-state index in [0.29, 0.717) is 9.40 Å². The van der Waals surface area contributed by atoms with Gasteiger partial charge in [-0.15, -0.1) is 22.7 Å². The van der Waals surface area contributed by atoms with Crippen molar-refractivity contribution in [2.45, 2.75) is 78.1 Å². The molecule has 0 amide bonds. The predicted octanol–water partition coefficient (Wildman–Crippen LogP) is 10.1. The zero-order valence-electron chi connectivity index (χ0n) is 18.6. The van der Waals surface area contributed by atoms with E-state index in [2.05, 4.69) is 13.8 Å². The normalized spacial score (nSPS) is 12.1. The molecule has 0 atom stereocenters. The van der Waals surface area contributed by atoms with Crippen LogP contribution in [0.3, 0.4) is 0 Å². The van der Waals surface area contributed by atoms with Crippen molar-refractivity contribution < 1.29 is 17.6 Å². The van der Waals surface area contributed by atoms with Crippen LogP contribution in [0.2, 0.25) is 0 Å². The van der Waals surface area contributed by atoms with E-state index >= 15 is 0 Å². The highest BCUT2D eigenvalue weighted by atomic mass is 32.1. The SMILES string of the molecule is CCCCCCc1cc2c3cc(CCCCCC)sc3c3c(F)c(F)c(F)c(F)c3c2s1. The maximum atomic E-state index is 15.0. The summed E-state index contributed by atoms with van der Waals surface area (Å²) in [5.74, 6) is -6.04. The first-order chi connectivity index (χ1) is 15.5. The molecule has 0 aliphatic heterocycles. The van der Waals surface area contributed by atoms with E-state index in [1.807, 2.05) is 12.1 Å². The van der Waals surface area contributed by atoms with Gasteiger partial charge in [-0.2, -0.15) is 0 Å². The zero-order chi connectivity index (χ0) is 22.8. The molecule has 4 rings (SSSR count). The lowest BCUT2D eigenvalue weighted by Gasteiger charge is -2.07. The maximum Gasteiger partial charge on any atom is 0.198 e. The summed E-state index contributed by atoms with van der Waals surface area (Å²) in [5, 5.41) is 1.41. The van der Waals surface area contributed by atoms with Crippen LogP contribution < -0.4 is 0 Å². The molecule has 0 radical (unpaired) electrons. The molecule has 0 fully saturated rings. The lowest BCUT2D eigenvalue weighted by Crippen LogP contribution is -1.98. The van der Waals surface area contributed by atoms with E-state index in [1.54, 1.807) is 0 Å². The van der Waals surface area contributed by atoms with Gasteiger partial charge in [0.2, 0.25) is 0 Å². The minimum Gasteiger partial charge on any atom is -0.203 e. The van der Waals surface area contributed by atoms with Gasteiger partial charge in [-0.3, -0.25) is 0 Å². The van der Waals surface area contributed by atoms with E-state index < -0.39 is 23.3 Å². The van der Waals surface area contributed by atoms with Crippen molar-refractivity contribution in [3.8, 4) is 0 Å². The third-order valence-corrected chi connectivity index (χ3v) is 8.56. The Bertz CT molecular complexity index is 1160. The first-order valence-electron chi connectivity index (χ1n) is 11.6. The molecule has 4 aromatic rings. The smallest absolute Gasteiger partial charge is 0.198 e. The van der Waals surface area contributed by atoms with E-state index in [0.717, 1.165) is 84.7 Å². The van der Waals surface area contributed by atoms with Crippen LogP contribution in [0, 0.1) is 23.3 Å². The first kappa shape index (κ1) is 23.5. The molecular weight excluding hydrogens is 452 g/mol. The van der Waals surface area contributed by atoms with Crippen LogP contribution in [0.5, 0.6) is 0 Å². The number of hydrogen-bond donors (Lipinski definition) is 0. The molecule has 172 valence electrons. The van der Waals surface area contributed by atoms with Crippen LogP contribution in [0.25, 0.3) is 30.9 Å². The second-order valence-corrected chi connectivity index (χ2v) is 10.8. The lowest BCUT2D eigenvalue weighted by atomic mass is 10.0. The molecule has 0 N–H and O–H groups in total. The van der Waals surface area contributed by atoms with Crippen LogP contribution in [0.15, 0.2) is 12.1 Å². The fraction of sp³-hybridized carbons (Fsp3) is 0.462. The summed E-state index contributed by atoms with van der Waals surface area (Å²) < 4.78 is 59.4. The number of benzene rings is 2. The molecule has 0 aliphatic rings.